The van der Waals surface area contributed by atoms with E-state index in [2.05, 4.69) is 30.5 Å². The second-order valence-electron chi connectivity index (χ2n) is 10.8. The average Bonchev–Trinajstić information content (AvgIpc) is 2.98. The van der Waals surface area contributed by atoms with E-state index in [0.717, 1.165) is 41.5 Å². The van der Waals surface area contributed by atoms with Crippen LogP contribution in [0.3, 0.4) is 0 Å². The molecule has 4 aromatic rings. The number of rotatable bonds is 6. The van der Waals surface area contributed by atoms with Crippen molar-refractivity contribution in [3.63, 3.8) is 0 Å². The summed E-state index contributed by atoms with van der Waals surface area (Å²) in [5.41, 5.74) is 1.43. The summed E-state index contributed by atoms with van der Waals surface area (Å²) in [6.45, 7) is 4.92. The number of aryl methyl sites for hydroxylation is 1. The number of piperidine rings is 2. The summed E-state index contributed by atoms with van der Waals surface area (Å²) in [6.07, 6.45) is 6.18. The molecule has 4 heterocycles. The molecule has 1 atom stereocenters. The molecule has 6 rings (SSSR count). The first-order chi connectivity index (χ1) is 20.0. The highest BCUT2D eigenvalue weighted by Gasteiger charge is 2.31. The normalized spacial score (nSPS) is 17.9. The Hall–Kier alpha value is -4.15. The van der Waals surface area contributed by atoms with E-state index in [1.807, 2.05) is 37.3 Å². The van der Waals surface area contributed by atoms with Crippen LogP contribution in [0.25, 0.3) is 10.8 Å². The molecule has 41 heavy (non-hydrogen) atoms. The van der Waals surface area contributed by atoms with Crippen LogP contribution in [0, 0.1) is 12.7 Å². The zero-order valence-electron chi connectivity index (χ0n) is 23.1. The van der Waals surface area contributed by atoms with Crippen LogP contribution in [0.5, 0.6) is 0 Å². The number of hydrogen-bond donors (Lipinski definition) is 3. The van der Waals surface area contributed by atoms with Crippen molar-refractivity contribution in [2.24, 2.45) is 0 Å². The third-order valence-corrected chi connectivity index (χ3v) is 7.95. The molecule has 2 aromatic carbocycles. The number of pyridine rings is 1. The van der Waals surface area contributed by atoms with Gasteiger partial charge in [0, 0.05) is 43.1 Å². The highest BCUT2D eigenvalue weighted by molar-refractivity contribution is 6.11. The molecule has 0 spiro atoms. The minimum Gasteiger partial charge on any atom is -0.393 e. The van der Waals surface area contributed by atoms with E-state index in [9.17, 15) is 9.90 Å². The molecule has 0 radical (unpaired) electrons. The lowest BCUT2D eigenvalue weighted by atomic mass is 10.0. The Morgan fingerprint density at radius 1 is 1.10 bits per heavy atom. The number of carbonyl (C=O) groups excluding carboxylic acids is 1. The fourth-order valence-electron chi connectivity index (χ4n) is 5.76. The summed E-state index contributed by atoms with van der Waals surface area (Å²) in [4.78, 5) is 31.4. The Balaban J connectivity index is 1.28. The van der Waals surface area contributed by atoms with Gasteiger partial charge >= 0.3 is 0 Å². The molecule has 2 saturated heterocycles. The zero-order chi connectivity index (χ0) is 28.3. The maximum absolute atomic E-state index is 15.7. The van der Waals surface area contributed by atoms with Crippen molar-refractivity contribution >= 4 is 40.0 Å². The van der Waals surface area contributed by atoms with Crippen LogP contribution in [0.1, 0.15) is 41.6 Å². The van der Waals surface area contributed by atoms with Crippen molar-refractivity contribution in [3.8, 4) is 0 Å². The van der Waals surface area contributed by atoms with E-state index in [0.29, 0.717) is 49.9 Å². The standard InChI is InChI=1S/C31H34FN7O2/c1-20-4-2-5-21-9-14-34-29(28(20)21)39(23-6-3-13-33-19-23)30(41)25-8-7-22(18-26(25)32)36-31-35-15-10-27(37-31)38-16-11-24(40)12-17-38/h2,4-5,7-10,14-15,18,23-24,33,40H,3,6,11-13,16-17,19H2,1H3,(H,35,36,37)/t23-/m1/s1. The fourth-order valence-corrected chi connectivity index (χ4v) is 5.76. The van der Waals surface area contributed by atoms with Gasteiger partial charge in [0.05, 0.1) is 17.7 Å². The van der Waals surface area contributed by atoms with E-state index < -0.39 is 11.7 Å². The molecule has 0 saturated carbocycles. The summed E-state index contributed by atoms with van der Waals surface area (Å²) >= 11 is 0. The Morgan fingerprint density at radius 3 is 2.71 bits per heavy atom. The monoisotopic (exact) mass is 555 g/mol. The predicted octanol–water partition coefficient (Wildman–Crippen LogP) is 4.58. The Morgan fingerprint density at radius 2 is 1.93 bits per heavy atom. The van der Waals surface area contributed by atoms with Crippen LogP contribution in [-0.4, -0.2) is 64.3 Å². The summed E-state index contributed by atoms with van der Waals surface area (Å²) in [7, 11) is 0. The second-order valence-corrected chi connectivity index (χ2v) is 10.8. The number of aromatic nitrogens is 3. The van der Waals surface area contributed by atoms with Gasteiger partial charge < -0.3 is 20.6 Å². The number of carbonyl (C=O) groups is 1. The van der Waals surface area contributed by atoms with Gasteiger partial charge in [-0.25, -0.2) is 14.4 Å². The summed E-state index contributed by atoms with van der Waals surface area (Å²) in [5, 5.41) is 18.1. The van der Waals surface area contributed by atoms with Crippen molar-refractivity contribution in [1.29, 1.82) is 0 Å². The molecular weight excluding hydrogens is 521 g/mol. The van der Waals surface area contributed by atoms with Crippen molar-refractivity contribution in [2.45, 2.75) is 44.8 Å². The van der Waals surface area contributed by atoms with Crippen molar-refractivity contribution in [3.05, 3.63) is 77.9 Å². The van der Waals surface area contributed by atoms with Crippen LogP contribution in [-0.2, 0) is 0 Å². The largest absolute Gasteiger partial charge is 0.393 e. The van der Waals surface area contributed by atoms with Gasteiger partial charge in [-0.15, -0.1) is 0 Å². The molecule has 2 aliphatic rings. The van der Waals surface area contributed by atoms with Crippen molar-refractivity contribution < 1.29 is 14.3 Å². The molecule has 2 fully saturated rings. The highest BCUT2D eigenvalue weighted by Crippen LogP contribution is 2.32. The van der Waals surface area contributed by atoms with Crippen LogP contribution in [0.4, 0.5) is 27.7 Å². The SMILES string of the molecule is Cc1cccc2ccnc(N(C(=O)c3ccc(Nc4nccc(N5CCC(O)CC5)n4)cc3F)[C@@H]3CCCNC3)c12. The molecule has 10 heteroatoms. The number of anilines is 4. The van der Waals surface area contributed by atoms with E-state index in [-0.39, 0.29) is 17.7 Å². The number of fused-ring (bicyclic) bond motifs is 1. The van der Waals surface area contributed by atoms with Gasteiger partial charge in [-0.1, -0.05) is 18.2 Å². The maximum atomic E-state index is 15.7. The van der Waals surface area contributed by atoms with Gasteiger partial charge in [0.2, 0.25) is 5.95 Å². The number of nitrogens with one attached hydrogen (secondary N) is 2. The number of aliphatic hydroxyl groups excluding tert-OH is 1. The molecule has 0 aliphatic carbocycles. The topological polar surface area (TPSA) is 107 Å². The first-order valence-electron chi connectivity index (χ1n) is 14.2. The number of benzene rings is 2. The van der Waals surface area contributed by atoms with Crippen LogP contribution < -0.4 is 20.4 Å². The molecule has 212 valence electrons. The smallest absolute Gasteiger partial charge is 0.262 e. The summed E-state index contributed by atoms with van der Waals surface area (Å²) in [6, 6.07) is 14.1. The lowest BCUT2D eigenvalue weighted by Crippen LogP contribution is -2.49. The van der Waals surface area contributed by atoms with Gasteiger partial charge in [0.1, 0.15) is 17.5 Å². The van der Waals surface area contributed by atoms with Gasteiger partial charge in [0.25, 0.3) is 5.91 Å². The van der Waals surface area contributed by atoms with E-state index in [1.165, 1.54) is 12.1 Å². The number of aliphatic hydroxyl groups is 1. The second kappa shape index (κ2) is 11.8. The lowest BCUT2D eigenvalue weighted by Gasteiger charge is -2.35. The molecular formula is C31H34FN7O2. The van der Waals surface area contributed by atoms with Gasteiger partial charge in [-0.3, -0.25) is 9.69 Å². The number of hydrogen-bond acceptors (Lipinski definition) is 8. The zero-order valence-corrected chi connectivity index (χ0v) is 23.1. The Labute approximate surface area is 238 Å². The van der Waals surface area contributed by atoms with Gasteiger partial charge in [-0.2, -0.15) is 4.98 Å². The minimum absolute atomic E-state index is 0.0185. The fraction of sp³-hybridized carbons (Fsp3) is 0.355. The molecule has 3 N–H and O–H groups in total. The van der Waals surface area contributed by atoms with Crippen molar-refractivity contribution in [2.75, 3.05) is 41.3 Å². The van der Waals surface area contributed by atoms with E-state index >= 15 is 4.39 Å². The summed E-state index contributed by atoms with van der Waals surface area (Å²) in [5.74, 6) is 0.577. The first kappa shape index (κ1) is 27.0. The highest BCUT2D eigenvalue weighted by atomic mass is 19.1. The van der Waals surface area contributed by atoms with Crippen molar-refractivity contribution in [1.82, 2.24) is 20.3 Å². The number of nitrogens with zero attached hydrogens (tertiary/aromatic N) is 5. The van der Waals surface area contributed by atoms with Crippen LogP contribution >= 0.6 is 0 Å². The summed E-state index contributed by atoms with van der Waals surface area (Å²) < 4.78 is 15.7. The van der Waals surface area contributed by atoms with Gasteiger partial charge in [0.15, 0.2) is 0 Å². The molecule has 9 nitrogen and oxygen atoms in total. The average molecular weight is 556 g/mol. The molecule has 0 bridgehead atoms. The quantitative estimate of drug-likeness (QED) is 0.318. The molecule has 1 amide bonds. The minimum atomic E-state index is -0.633. The maximum Gasteiger partial charge on any atom is 0.262 e. The number of halogens is 1. The Kier molecular flexibility index (Phi) is 7.76. The lowest BCUT2D eigenvalue weighted by molar-refractivity contribution is 0.0968. The van der Waals surface area contributed by atoms with E-state index in [1.54, 1.807) is 23.4 Å². The Bertz CT molecular complexity index is 1550. The molecule has 0 unspecified atom stereocenters. The van der Waals surface area contributed by atoms with Crippen LogP contribution in [0.15, 0.2) is 60.9 Å². The molecule has 2 aliphatic heterocycles. The third-order valence-electron chi connectivity index (χ3n) is 7.95. The van der Waals surface area contributed by atoms with Crippen LogP contribution in [0.2, 0.25) is 0 Å². The third kappa shape index (κ3) is 5.71. The van der Waals surface area contributed by atoms with E-state index in [4.69, 9.17) is 0 Å². The predicted molar refractivity (Wildman–Crippen MR) is 158 cm³/mol. The number of amides is 1. The molecule has 2 aromatic heterocycles. The van der Waals surface area contributed by atoms with Gasteiger partial charge in [-0.05, 0) is 80.4 Å². The first-order valence-corrected chi connectivity index (χ1v) is 14.2.